The lowest BCUT2D eigenvalue weighted by atomic mass is 10.2. The van der Waals surface area contributed by atoms with Crippen molar-refractivity contribution >= 4 is 11.0 Å². The average molecular weight is 161 g/mol. The van der Waals surface area contributed by atoms with Crippen LogP contribution in [0.3, 0.4) is 0 Å². The van der Waals surface area contributed by atoms with E-state index in [0.29, 0.717) is 0 Å². The fourth-order valence-electron chi connectivity index (χ4n) is 1.20. The van der Waals surface area contributed by atoms with Gasteiger partial charge in [-0.3, -0.25) is 0 Å². The molecule has 0 unspecified atom stereocenters. The number of ether oxygens (including phenoxy) is 1. The molecule has 2 heteroatoms. The highest BCUT2D eigenvalue weighted by molar-refractivity contribution is 5.81. The molecule has 0 N–H and O–H groups in total. The van der Waals surface area contributed by atoms with Crippen LogP contribution >= 0.6 is 0 Å². The fraction of sp³-hybridized carbons (Fsp3) is 0.200. The third-order valence-corrected chi connectivity index (χ3v) is 1.90. The molecule has 2 aromatic rings. The normalized spacial score (nSPS) is 10.5. The minimum atomic E-state index is 0.848. The Hall–Kier alpha value is -1.44. The first-order valence-electron chi connectivity index (χ1n) is 3.76. The molecule has 12 heavy (non-hydrogen) atoms. The van der Waals surface area contributed by atoms with Gasteiger partial charge in [-0.1, -0.05) is 0 Å². The SMILES string of the molecule is COc1ccc2o[c]c(C)c2c1. The molecule has 1 aromatic heterocycles. The van der Waals surface area contributed by atoms with Crippen molar-refractivity contribution in [2.45, 2.75) is 6.92 Å². The van der Waals surface area contributed by atoms with Gasteiger partial charge in [-0.25, -0.2) is 0 Å². The van der Waals surface area contributed by atoms with E-state index in [2.05, 4.69) is 6.26 Å². The molecule has 1 aromatic carbocycles. The largest absolute Gasteiger partial charge is 0.497 e. The second-order valence-corrected chi connectivity index (χ2v) is 2.69. The molecule has 0 aliphatic rings. The van der Waals surface area contributed by atoms with Gasteiger partial charge in [0.2, 0.25) is 0 Å². The summed E-state index contributed by atoms with van der Waals surface area (Å²) in [5.41, 5.74) is 1.87. The van der Waals surface area contributed by atoms with Gasteiger partial charge in [-0.15, -0.1) is 0 Å². The maximum Gasteiger partial charge on any atom is 0.173 e. The van der Waals surface area contributed by atoms with Gasteiger partial charge >= 0.3 is 0 Å². The fourth-order valence-corrected chi connectivity index (χ4v) is 1.20. The predicted octanol–water partition coefficient (Wildman–Crippen LogP) is 2.55. The Morgan fingerprint density at radius 2 is 2.25 bits per heavy atom. The average Bonchev–Trinajstić information content (AvgIpc) is 2.47. The standard InChI is InChI=1S/C10H9O2/c1-7-6-12-10-4-3-8(11-2)5-9(7)10/h3-5H,1-2H3. The molecule has 0 aliphatic carbocycles. The zero-order chi connectivity index (χ0) is 8.55. The number of hydrogen-bond donors (Lipinski definition) is 0. The molecule has 1 heterocycles. The molecule has 2 nitrogen and oxygen atoms in total. The smallest absolute Gasteiger partial charge is 0.173 e. The molecule has 0 atom stereocenters. The third kappa shape index (κ3) is 0.961. The minimum Gasteiger partial charge on any atom is -0.497 e. The molecule has 0 bridgehead atoms. The van der Waals surface area contributed by atoms with Crippen LogP contribution in [0.1, 0.15) is 5.56 Å². The molecule has 2 rings (SSSR count). The summed E-state index contributed by atoms with van der Waals surface area (Å²) in [5.74, 6) is 0.848. The van der Waals surface area contributed by atoms with Crippen LogP contribution in [0.2, 0.25) is 0 Å². The molecule has 0 amide bonds. The van der Waals surface area contributed by atoms with Gasteiger partial charge < -0.3 is 9.15 Å². The van der Waals surface area contributed by atoms with Crippen molar-refractivity contribution in [3.05, 3.63) is 30.0 Å². The van der Waals surface area contributed by atoms with E-state index < -0.39 is 0 Å². The zero-order valence-corrected chi connectivity index (χ0v) is 7.05. The monoisotopic (exact) mass is 161 g/mol. The molecule has 0 saturated heterocycles. The third-order valence-electron chi connectivity index (χ3n) is 1.90. The molecule has 0 spiro atoms. The zero-order valence-electron chi connectivity index (χ0n) is 7.05. The van der Waals surface area contributed by atoms with Gasteiger partial charge in [0.05, 0.1) is 7.11 Å². The van der Waals surface area contributed by atoms with Crippen molar-refractivity contribution < 1.29 is 9.15 Å². The number of benzene rings is 1. The van der Waals surface area contributed by atoms with E-state index in [1.807, 2.05) is 25.1 Å². The van der Waals surface area contributed by atoms with E-state index in [-0.39, 0.29) is 0 Å². The van der Waals surface area contributed by atoms with E-state index >= 15 is 0 Å². The summed E-state index contributed by atoms with van der Waals surface area (Å²) in [6.07, 6.45) is 2.80. The Morgan fingerprint density at radius 3 is 3.00 bits per heavy atom. The lowest BCUT2D eigenvalue weighted by molar-refractivity contribution is 0.415. The van der Waals surface area contributed by atoms with Crippen LogP contribution in [-0.2, 0) is 0 Å². The summed E-state index contributed by atoms with van der Waals surface area (Å²) < 4.78 is 10.3. The number of aryl methyl sites for hydroxylation is 1. The Kier molecular flexibility index (Phi) is 1.54. The number of methoxy groups -OCH3 is 1. The summed E-state index contributed by atoms with van der Waals surface area (Å²) in [6.45, 7) is 1.96. The maximum atomic E-state index is 5.17. The van der Waals surface area contributed by atoms with Gasteiger partial charge in [0.1, 0.15) is 11.3 Å². The van der Waals surface area contributed by atoms with Gasteiger partial charge in [0, 0.05) is 10.9 Å². The number of furan rings is 1. The Bertz CT molecular complexity index is 401. The second kappa shape index (κ2) is 2.55. The lowest BCUT2D eigenvalue weighted by Gasteiger charge is -1.97. The van der Waals surface area contributed by atoms with Crippen LogP contribution in [0.5, 0.6) is 5.75 Å². The van der Waals surface area contributed by atoms with Crippen LogP contribution in [0.4, 0.5) is 0 Å². The van der Waals surface area contributed by atoms with Crippen LogP contribution in [0.25, 0.3) is 11.0 Å². The minimum absolute atomic E-state index is 0.848. The summed E-state index contributed by atoms with van der Waals surface area (Å²) >= 11 is 0. The van der Waals surface area contributed by atoms with Crippen molar-refractivity contribution in [3.8, 4) is 5.75 Å². The summed E-state index contributed by atoms with van der Waals surface area (Å²) in [7, 11) is 1.65. The first-order chi connectivity index (χ1) is 5.81. The second-order valence-electron chi connectivity index (χ2n) is 2.69. The van der Waals surface area contributed by atoms with E-state index in [0.717, 1.165) is 22.3 Å². The lowest BCUT2D eigenvalue weighted by Crippen LogP contribution is -1.80. The highest BCUT2D eigenvalue weighted by Gasteiger charge is 2.02. The quantitative estimate of drug-likeness (QED) is 0.641. The van der Waals surface area contributed by atoms with Crippen LogP contribution < -0.4 is 4.74 Å². The molecule has 0 aliphatic heterocycles. The molecule has 61 valence electrons. The number of rotatable bonds is 1. The van der Waals surface area contributed by atoms with Crippen molar-refractivity contribution in [2.24, 2.45) is 0 Å². The van der Waals surface area contributed by atoms with E-state index in [1.165, 1.54) is 0 Å². The van der Waals surface area contributed by atoms with E-state index in [9.17, 15) is 0 Å². The summed E-state index contributed by atoms with van der Waals surface area (Å²) in [6, 6.07) is 5.71. The molecule has 0 fully saturated rings. The van der Waals surface area contributed by atoms with E-state index in [1.54, 1.807) is 7.11 Å². The molecule has 0 saturated carbocycles. The van der Waals surface area contributed by atoms with Crippen LogP contribution in [0, 0.1) is 13.2 Å². The Balaban J connectivity index is 2.71. The Labute approximate surface area is 70.8 Å². The Morgan fingerprint density at radius 1 is 1.42 bits per heavy atom. The van der Waals surface area contributed by atoms with Crippen molar-refractivity contribution in [1.82, 2.24) is 0 Å². The van der Waals surface area contributed by atoms with E-state index in [4.69, 9.17) is 9.15 Å². The first kappa shape index (κ1) is 7.22. The maximum absolute atomic E-state index is 5.17. The van der Waals surface area contributed by atoms with Crippen LogP contribution in [0.15, 0.2) is 22.6 Å². The van der Waals surface area contributed by atoms with Gasteiger partial charge in [-0.2, -0.15) is 0 Å². The summed E-state index contributed by atoms with van der Waals surface area (Å²) in [4.78, 5) is 0. The first-order valence-corrected chi connectivity index (χ1v) is 3.76. The number of hydrogen-bond acceptors (Lipinski definition) is 2. The van der Waals surface area contributed by atoms with Crippen molar-refractivity contribution in [2.75, 3.05) is 7.11 Å². The molecular weight excluding hydrogens is 152 g/mol. The number of fused-ring (bicyclic) bond motifs is 1. The predicted molar refractivity (Wildman–Crippen MR) is 46.3 cm³/mol. The highest BCUT2D eigenvalue weighted by atomic mass is 16.5. The van der Waals surface area contributed by atoms with Crippen LogP contribution in [-0.4, -0.2) is 7.11 Å². The van der Waals surface area contributed by atoms with Crippen molar-refractivity contribution in [1.29, 1.82) is 0 Å². The highest BCUT2D eigenvalue weighted by Crippen LogP contribution is 2.24. The van der Waals surface area contributed by atoms with Gasteiger partial charge in [-0.05, 0) is 25.1 Å². The van der Waals surface area contributed by atoms with Gasteiger partial charge in [0.15, 0.2) is 6.26 Å². The van der Waals surface area contributed by atoms with Gasteiger partial charge in [0.25, 0.3) is 0 Å². The molecular formula is C10H9O2. The van der Waals surface area contributed by atoms with Crippen molar-refractivity contribution in [3.63, 3.8) is 0 Å². The summed E-state index contributed by atoms with van der Waals surface area (Å²) in [5, 5.41) is 1.06. The molecule has 1 radical (unpaired) electrons. The topological polar surface area (TPSA) is 22.4 Å².